The molecule has 0 radical (unpaired) electrons. The summed E-state index contributed by atoms with van der Waals surface area (Å²) in [6.07, 6.45) is -0.160. The molecule has 6 nitrogen and oxygen atoms in total. The van der Waals surface area contributed by atoms with Crippen molar-refractivity contribution in [2.45, 2.75) is 25.8 Å². The highest BCUT2D eigenvalue weighted by molar-refractivity contribution is 6.33. The van der Waals surface area contributed by atoms with Gasteiger partial charge in [0, 0.05) is 6.42 Å². The van der Waals surface area contributed by atoms with Crippen LogP contribution >= 0.6 is 11.6 Å². The van der Waals surface area contributed by atoms with E-state index in [2.05, 4.69) is 10.1 Å². The Morgan fingerprint density at radius 3 is 2.57 bits per heavy atom. The van der Waals surface area contributed by atoms with E-state index in [0.717, 1.165) is 5.56 Å². The Labute approximate surface area is 127 Å². The van der Waals surface area contributed by atoms with Crippen LogP contribution in [0.3, 0.4) is 0 Å². The number of benzene rings is 1. The zero-order valence-electron chi connectivity index (χ0n) is 11.7. The average Bonchev–Trinajstić information content (AvgIpc) is 2.42. The number of carboxylic acid groups (broad SMARTS) is 1. The Kier molecular flexibility index (Phi) is 6.17. The molecule has 0 spiro atoms. The molecule has 1 amide bonds. The van der Waals surface area contributed by atoms with Crippen molar-refractivity contribution in [2.24, 2.45) is 0 Å². The molecule has 2 N–H and O–H groups in total. The molecule has 0 aromatic heterocycles. The zero-order chi connectivity index (χ0) is 16.0. The Morgan fingerprint density at radius 2 is 2.05 bits per heavy atom. The van der Waals surface area contributed by atoms with Crippen LogP contribution < -0.4 is 5.32 Å². The summed E-state index contributed by atoms with van der Waals surface area (Å²) in [5, 5.41) is 11.7. The van der Waals surface area contributed by atoms with E-state index < -0.39 is 23.9 Å². The lowest BCUT2D eigenvalue weighted by atomic mass is 10.1. The van der Waals surface area contributed by atoms with Gasteiger partial charge in [-0.15, -0.1) is 0 Å². The number of carboxylic acids is 1. The van der Waals surface area contributed by atoms with E-state index in [-0.39, 0.29) is 23.4 Å². The highest BCUT2D eigenvalue weighted by Crippen LogP contribution is 2.17. The summed E-state index contributed by atoms with van der Waals surface area (Å²) in [4.78, 5) is 34.2. The minimum Gasteiger partial charge on any atom is -0.480 e. The van der Waals surface area contributed by atoms with Gasteiger partial charge in [0.2, 0.25) is 0 Å². The van der Waals surface area contributed by atoms with Crippen LogP contribution in [0.25, 0.3) is 0 Å². The van der Waals surface area contributed by atoms with Crippen molar-refractivity contribution in [3.8, 4) is 0 Å². The Bertz CT molecular complexity index is 558. The number of halogens is 1. The molecule has 1 aromatic rings. The molecule has 0 aliphatic carbocycles. The number of aliphatic carboxylic acids is 1. The summed E-state index contributed by atoms with van der Waals surface area (Å²) in [6.45, 7) is 1.82. The summed E-state index contributed by atoms with van der Waals surface area (Å²) in [5.41, 5.74) is 1.07. The van der Waals surface area contributed by atoms with Crippen molar-refractivity contribution < 1.29 is 24.2 Å². The first kappa shape index (κ1) is 17.0. The molecule has 0 bridgehead atoms. The first-order valence-electron chi connectivity index (χ1n) is 6.21. The maximum atomic E-state index is 12.0. The van der Waals surface area contributed by atoms with Crippen LogP contribution in [-0.4, -0.2) is 36.1 Å². The highest BCUT2D eigenvalue weighted by Gasteiger charge is 2.22. The Balaban J connectivity index is 2.76. The summed E-state index contributed by atoms with van der Waals surface area (Å²) >= 11 is 5.96. The first-order chi connectivity index (χ1) is 9.85. The largest absolute Gasteiger partial charge is 0.480 e. The first-order valence-corrected chi connectivity index (χ1v) is 6.59. The van der Waals surface area contributed by atoms with Crippen LogP contribution in [0.15, 0.2) is 18.2 Å². The van der Waals surface area contributed by atoms with Crippen molar-refractivity contribution in [2.75, 3.05) is 7.11 Å². The number of hydrogen-bond acceptors (Lipinski definition) is 4. The zero-order valence-corrected chi connectivity index (χ0v) is 12.4. The molecule has 1 aromatic carbocycles. The van der Waals surface area contributed by atoms with Crippen molar-refractivity contribution in [3.05, 3.63) is 34.3 Å². The van der Waals surface area contributed by atoms with E-state index in [0.29, 0.717) is 0 Å². The van der Waals surface area contributed by atoms with Gasteiger partial charge in [-0.1, -0.05) is 17.7 Å². The number of amides is 1. The van der Waals surface area contributed by atoms with Crippen LogP contribution in [0.4, 0.5) is 0 Å². The van der Waals surface area contributed by atoms with Crippen LogP contribution in [0.1, 0.15) is 28.8 Å². The average molecular weight is 314 g/mol. The second-order valence-electron chi connectivity index (χ2n) is 4.46. The molecular formula is C14H16ClNO5. The molecular weight excluding hydrogens is 298 g/mol. The number of carbonyl (C=O) groups is 3. The maximum absolute atomic E-state index is 12.0. The van der Waals surface area contributed by atoms with Crippen molar-refractivity contribution in [3.63, 3.8) is 0 Å². The maximum Gasteiger partial charge on any atom is 0.326 e. The predicted molar refractivity (Wildman–Crippen MR) is 76.3 cm³/mol. The summed E-state index contributed by atoms with van der Waals surface area (Å²) in [5.74, 6) is -2.36. The number of aryl methyl sites for hydroxylation is 1. The van der Waals surface area contributed by atoms with Crippen molar-refractivity contribution in [1.82, 2.24) is 5.32 Å². The van der Waals surface area contributed by atoms with Gasteiger partial charge in [-0.05, 0) is 31.0 Å². The molecule has 1 rings (SSSR count). The quantitative estimate of drug-likeness (QED) is 0.781. The lowest BCUT2D eigenvalue weighted by molar-refractivity contribution is -0.142. The SMILES string of the molecule is COC(=O)CC[C@@H](NC(=O)c1ccc(C)cc1Cl)C(=O)O. The third-order valence-corrected chi connectivity index (χ3v) is 3.15. The minimum atomic E-state index is -1.23. The molecule has 0 unspecified atom stereocenters. The normalized spacial score (nSPS) is 11.6. The lowest BCUT2D eigenvalue weighted by Crippen LogP contribution is -2.41. The van der Waals surface area contributed by atoms with E-state index >= 15 is 0 Å². The van der Waals surface area contributed by atoms with Gasteiger partial charge in [0.05, 0.1) is 17.7 Å². The topological polar surface area (TPSA) is 92.7 Å². The minimum absolute atomic E-state index is 0.0583. The molecule has 0 aliphatic heterocycles. The van der Waals surface area contributed by atoms with Gasteiger partial charge in [0.25, 0.3) is 5.91 Å². The standard InChI is InChI=1S/C14H16ClNO5/c1-8-3-4-9(10(15)7-8)13(18)16-11(14(19)20)5-6-12(17)21-2/h3-4,7,11H,5-6H2,1-2H3,(H,16,18)(H,19,20)/t11-/m1/s1. The number of rotatable bonds is 6. The second kappa shape index (κ2) is 7.64. The van der Waals surface area contributed by atoms with E-state index in [1.54, 1.807) is 12.1 Å². The van der Waals surface area contributed by atoms with Crippen molar-refractivity contribution >= 4 is 29.4 Å². The van der Waals surface area contributed by atoms with E-state index in [4.69, 9.17) is 16.7 Å². The number of hydrogen-bond donors (Lipinski definition) is 2. The lowest BCUT2D eigenvalue weighted by Gasteiger charge is -2.14. The summed E-state index contributed by atoms with van der Waals surface area (Å²) < 4.78 is 4.44. The predicted octanol–water partition coefficient (Wildman–Crippen LogP) is 1.78. The number of ether oxygens (including phenoxy) is 1. The van der Waals surface area contributed by atoms with Gasteiger partial charge in [-0.2, -0.15) is 0 Å². The third kappa shape index (κ3) is 5.07. The second-order valence-corrected chi connectivity index (χ2v) is 4.87. The smallest absolute Gasteiger partial charge is 0.326 e. The monoisotopic (exact) mass is 313 g/mol. The number of methoxy groups -OCH3 is 1. The molecule has 0 saturated carbocycles. The molecule has 0 heterocycles. The molecule has 114 valence electrons. The number of esters is 1. The van der Waals surface area contributed by atoms with Crippen LogP contribution in [0.2, 0.25) is 5.02 Å². The van der Waals surface area contributed by atoms with Gasteiger partial charge in [-0.25, -0.2) is 4.79 Å². The molecule has 7 heteroatoms. The van der Waals surface area contributed by atoms with Crippen LogP contribution in [-0.2, 0) is 14.3 Å². The number of carbonyl (C=O) groups excluding carboxylic acids is 2. The highest BCUT2D eigenvalue weighted by atomic mass is 35.5. The summed E-state index contributed by atoms with van der Waals surface area (Å²) in [6, 6.07) is 3.65. The Hall–Kier alpha value is -2.08. The van der Waals surface area contributed by atoms with Crippen LogP contribution in [0.5, 0.6) is 0 Å². The molecule has 0 saturated heterocycles. The van der Waals surface area contributed by atoms with Crippen molar-refractivity contribution in [1.29, 1.82) is 0 Å². The fraction of sp³-hybridized carbons (Fsp3) is 0.357. The fourth-order valence-electron chi connectivity index (χ4n) is 1.66. The van der Waals surface area contributed by atoms with E-state index in [1.807, 2.05) is 6.92 Å². The van der Waals surface area contributed by atoms with Crippen LogP contribution in [0, 0.1) is 6.92 Å². The van der Waals surface area contributed by atoms with E-state index in [9.17, 15) is 14.4 Å². The van der Waals surface area contributed by atoms with Gasteiger partial charge < -0.3 is 15.2 Å². The number of nitrogens with one attached hydrogen (secondary N) is 1. The summed E-state index contributed by atoms with van der Waals surface area (Å²) in [7, 11) is 1.21. The third-order valence-electron chi connectivity index (χ3n) is 2.84. The molecule has 0 fully saturated rings. The van der Waals surface area contributed by atoms with Gasteiger partial charge in [0.1, 0.15) is 6.04 Å². The van der Waals surface area contributed by atoms with Gasteiger partial charge in [0.15, 0.2) is 0 Å². The van der Waals surface area contributed by atoms with E-state index in [1.165, 1.54) is 13.2 Å². The molecule has 21 heavy (non-hydrogen) atoms. The Morgan fingerprint density at radius 1 is 1.38 bits per heavy atom. The molecule has 1 atom stereocenters. The van der Waals surface area contributed by atoms with Gasteiger partial charge >= 0.3 is 11.9 Å². The van der Waals surface area contributed by atoms with Gasteiger partial charge in [-0.3, -0.25) is 9.59 Å². The molecule has 0 aliphatic rings. The fourth-order valence-corrected chi connectivity index (χ4v) is 1.98.